The molecule has 25 heavy (non-hydrogen) atoms. The van der Waals surface area contributed by atoms with E-state index >= 15 is 0 Å². The number of carbonyl (C=O) groups is 2. The van der Waals surface area contributed by atoms with Crippen molar-refractivity contribution >= 4 is 11.9 Å². The molecule has 4 nitrogen and oxygen atoms in total. The molecule has 0 saturated heterocycles. The first-order chi connectivity index (χ1) is 12.1. The summed E-state index contributed by atoms with van der Waals surface area (Å²) in [7, 11) is 0. The molecule has 0 aliphatic rings. The van der Waals surface area contributed by atoms with Crippen LogP contribution in [-0.4, -0.2) is 24.6 Å². The van der Waals surface area contributed by atoms with E-state index in [1.165, 1.54) is 0 Å². The number of esters is 2. The molecule has 1 atom stereocenters. The van der Waals surface area contributed by atoms with Crippen molar-refractivity contribution in [1.82, 2.24) is 0 Å². The van der Waals surface area contributed by atoms with Crippen molar-refractivity contribution in [1.29, 1.82) is 0 Å². The number of hydrogen-bond acceptors (Lipinski definition) is 4. The fraction of sp³-hybridized carbons (Fsp3) is 0.905. The van der Waals surface area contributed by atoms with E-state index in [0.717, 1.165) is 77.0 Å². The normalized spacial score (nSPS) is 12.0. The summed E-state index contributed by atoms with van der Waals surface area (Å²) in [6.07, 6.45) is 13.5. The van der Waals surface area contributed by atoms with Crippen LogP contribution in [-0.2, 0) is 19.1 Å². The third kappa shape index (κ3) is 16.2. The number of carbonyl (C=O) groups excluding carboxylic acids is 2. The molecule has 1 unspecified atom stereocenters. The van der Waals surface area contributed by atoms with Gasteiger partial charge in [-0.05, 0) is 32.1 Å². The molecule has 0 saturated carbocycles. The monoisotopic (exact) mass is 356 g/mol. The lowest BCUT2D eigenvalue weighted by atomic mass is 10.1. The molecule has 0 aromatic heterocycles. The lowest BCUT2D eigenvalue weighted by molar-refractivity contribution is -0.150. The van der Waals surface area contributed by atoms with Gasteiger partial charge in [-0.15, -0.1) is 0 Å². The Kier molecular flexibility index (Phi) is 17.0. The Morgan fingerprint density at radius 1 is 0.680 bits per heavy atom. The highest BCUT2D eigenvalue weighted by Crippen LogP contribution is 2.14. The van der Waals surface area contributed by atoms with E-state index in [4.69, 9.17) is 9.47 Å². The Balaban J connectivity index is 3.54. The van der Waals surface area contributed by atoms with Gasteiger partial charge in [0.05, 0.1) is 6.61 Å². The van der Waals surface area contributed by atoms with Crippen molar-refractivity contribution < 1.29 is 19.1 Å². The van der Waals surface area contributed by atoms with Gasteiger partial charge in [0, 0.05) is 12.8 Å². The zero-order chi connectivity index (χ0) is 18.8. The minimum absolute atomic E-state index is 0.0341. The van der Waals surface area contributed by atoms with Crippen LogP contribution < -0.4 is 0 Å². The molecular formula is C21H40O4. The largest absolute Gasteiger partial charge is 0.466 e. The molecule has 0 amide bonds. The molecule has 4 heteroatoms. The first kappa shape index (κ1) is 23.9. The van der Waals surface area contributed by atoms with Crippen LogP contribution >= 0.6 is 0 Å². The smallest absolute Gasteiger partial charge is 0.306 e. The quantitative estimate of drug-likeness (QED) is 0.238. The lowest BCUT2D eigenvalue weighted by Gasteiger charge is -2.17. The van der Waals surface area contributed by atoms with Crippen LogP contribution in [0.15, 0.2) is 0 Å². The van der Waals surface area contributed by atoms with Crippen LogP contribution in [0, 0.1) is 0 Å². The SMILES string of the molecule is CCCCC(CCC)OC(=O)CCCCCCCCC(=O)OCCC. The van der Waals surface area contributed by atoms with Gasteiger partial charge in [-0.25, -0.2) is 0 Å². The van der Waals surface area contributed by atoms with E-state index in [0.29, 0.717) is 19.4 Å². The number of ether oxygens (including phenoxy) is 2. The second-order valence-electron chi connectivity index (χ2n) is 6.88. The molecule has 0 rings (SSSR count). The van der Waals surface area contributed by atoms with Gasteiger partial charge in [-0.3, -0.25) is 9.59 Å². The maximum absolute atomic E-state index is 11.9. The third-order valence-electron chi connectivity index (χ3n) is 4.27. The summed E-state index contributed by atoms with van der Waals surface area (Å²) in [5.41, 5.74) is 0. The highest BCUT2D eigenvalue weighted by atomic mass is 16.5. The predicted octanol–water partition coefficient (Wildman–Crippen LogP) is 5.96. The van der Waals surface area contributed by atoms with Gasteiger partial charge in [0.1, 0.15) is 6.10 Å². The van der Waals surface area contributed by atoms with Crippen LogP contribution in [0.2, 0.25) is 0 Å². The van der Waals surface area contributed by atoms with Crippen LogP contribution in [0.25, 0.3) is 0 Å². The van der Waals surface area contributed by atoms with Gasteiger partial charge < -0.3 is 9.47 Å². The van der Waals surface area contributed by atoms with Gasteiger partial charge in [-0.1, -0.05) is 65.7 Å². The van der Waals surface area contributed by atoms with Crippen molar-refractivity contribution in [3.05, 3.63) is 0 Å². The van der Waals surface area contributed by atoms with E-state index in [-0.39, 0.29) is 18.0 Å². The first-order valence-corrected chi connectivity index (χ1v) is 10.5. The molecule has 0 N–H and O–H groups in total. The summed E-state index contributed by atoms with van der Waals surface area (Å²) in [5, 5.41) is 0. The Labute approximate surface area is 155 Å². The van der Waals surface area contributed by atoms with Crippen LogP contribution in [0.3, 0.4) is 0 Å². The second kappa shape index (κ2) is 17.8. The molecule has 0 aromatic carbocycles. The maximum atomic E-state index is 11.9. The van der Waals surface area contributed by atoms with Crippen molar-refractivity contribution in [2.45, 2.75) is 117 Å². The number of rotatable bonds is 17. The van der Waals surface area contributed by atoms with E-state index in [1.807, 2.05) is 6.92 Å². The van der Waals surface area contributed by atoms with Gasteiger partial charge in [0.15, 0.2) is 0 Å². The maximum Gasteiger partial charge on any atom is 0.306 e. The highest BCUT2D eigenvalue weighted by Gasteiger charge is 2.12. The second-order valence-corrected chi connectivity index (χ2v) is 6.88. The summed E-state index contributed by atoms with van der Waals surface area (Å²) < 4.78 is 10.7. The standard InChI is InChI=1S/C21H40O4/c1-4-7-15-19(14-5-2)25-21(23)17-13-11-9-8-10-12-16-20(22)24-18-6-3/h19H,4-18H2,1-3H3. The average molecular weight is 357 g/mol. The summed E-state index contributed by atoms with van der Waals surface area (Å²) in [4.78, 5) is 23.3. The van der Waals surface area contributed by atoms with Crippen molar-refractivity contribution in [2.75, 3.05) is 6.61 Å². The Morgan fingerprint density at radius 3 is 1.84 bits per heavy atom. The minimum atomic E-state index is -0.0747. The molecular weight excluding hydrogens is 316 g/mol. The molecule has 0 radical (unpaired) electrons. The topological polar surface area (TPSA) is 52.6 Å². The molecule has 0 bridgehead atoms. The van der Waals surface area contributed by atoms with E-state index in [9.17, 15) is 9.59 Å². The van der Waals surface area contributed by atoms with Crippen LogP contribution in [0.5, 0.6) is 0 Å². The van der Waals surface area contributed by atoms with Crippen molar-refractivity contribution in [3.63, 3.8) is 0 Å². The number of hydrogen-bond donors (Lipinski definition) is 0. The number of unbranched alkanes of at least 4 members (excludes halogenated alkanes) is 6. The Hall–Kier alpha value is -1.06. The third-order valence-corrected chi connectivity index (χ3v) is 4.27. The van der Waals surface area contributed by atoms with Gasteiger partial charge in [0.25, 0.3) is 0 Å². The molecule has 0 aliphatic carbocycles. The molecule has 0 fully saturated rings. The predicted molar refractivity (Wildman–Crippen MR) is 102 cm³/mol. The fourth-order valence-corrected chi connectivity index (χ4v) is 2.79. The van der Waals surface area contributed by atoms with Crippen molar-refractivity contribution in [3.8, 4) is 0 Å². The molecule has 0 heterocycles. The van der Waals surface area contributed by atoms with Crippen LogP contribution in [0.1, 0.15) is 111 Å². The van der Waals surface area contributed by atoms with Gasteiger partial charge in [0.2, 0.25) is 0 Å². The van der Waals surface area contributed by atoms with E-state index in [1.54, 1.807) is 0 Å². The summed E-state index contributed by atoms with van der Waals surface area (Å²) >= 11 is 0. The zero-order valence-electron chi connectivity index (χ0n) is 16.8. The Morgan fingerprint density at radius 2 is 1.28 bits per heavy atom. The molecule has 148 valence electrons. The highest BCUT2D eigenvalue weighted by molar-refractivity contribution is 5.69. The van der Waals surface area contributed by atoms with Crippen LogP contribution in [0.4, 0.5) is 0 Å². The zero-order valence-corrected chi connectivity index (χ0v) is 16.8. The fourth-order valence-electron chi connectivity index (χ4n) is 2.79. The summed E-state index contributed by atoms with van der Waals surface area (Å²) in [5.74, 6) is -0.109. The minimum Gasteiger partial charge on any atom is -0.466 e. The average Bonchev–Trinajstić information content (AvgIpc) is 2.60. The molecule has 0 spiro atoms. The van der Waals surface area contributed by atoms with Gasteiger partial charge >= 0.3 is 11.9 Å². The Bertz CT molecular complexity index is 328. The van der Waals surface area contributed by atoms with E-state index < -0.39 is 0 Å². The lowest BCUT2D eigenvalue weighted by Crippen LogP contribution is -2.18. The summed E-state index contributed by atoms with van der Waals surface area (Å²) in [6.45, 7) is 6.83. The summed E-state index contributed by atoms with van der Waals surface area (Å²) in [6, 6.07) is 0. The van der Waals surface area contributed by atoms with Gasteiger partial charge in [-0.2, -0.15) is 0 Å². The van der Waals surface area contributed by atoms with Crippen molar-refractivity contribution in [2.24, 2.45) is 0 Å². The molecule has 0 aliphatic heterocycles. The molecule has 0 aromatic rings. The first-order valence-electron chi connectivity index (χ1n) is 10.5. The van der Waals surface area contributed by atoms with E-state index in [2.05, 4.69) is 13.8 Å².